The van der Waals surface area contributed by atoms with E-state index in [4.69, 9.17) is 4.55 Å². The maximum absolute atomic E-state index is 10.0. The molecule has 0 aliphatic rings. The Hall–Kier alpha value is 0.650. The van der Waals surface area contributed by atoms with Crippen LogP contribution >= 0.6 is 0 Å². The molecule has 0 aliphatic carbocycles. The molecular weight excluding hydrogens is 151 g/mol. The third-order valence-corrected chi connectivity index (χ3v) is 1.86. The Morgan fingerprint density at radius 2 is 1.89 bits per heavy atom. The second-order valence-corrected chi connectivity index (χ2v) is 2.97. The molecule has 0 aromatic heterocycles. The molecule has 1 radical (unpaired) electrons. The van der Waals surface area contributed by atoms with Gasteiger partial charge in [-0.3, -0.25) is 4.55 Å². The molecular formula is C4H8NaO3S. The zero-order valence-electron chi connectivity index (χ0n) is 5.75. The molecule has 0 unspecified atom stereocenters. The quantitative estimate of drug-likeness (QED) is 0.445. The molecule has 0 heterocycles. The van der Waals surface area contributed by atoms with Crippen molar-refractivity contribution in [3.8, 4) is 0 Å². The molecule has 0 atom stereocenters. The van der Waals surface area contributed by atoms with Crippen molar-refractivity contribution < 1.29 is 13.0 Å². The molecule has 0 fully saturated rings. The Kier molecular flexibility index (Phi) is 6.12. The topological polar surface area (TPSA) is 54.4 Å². The molecule has 9 heavy (non-hydrogen) atoms. The van der Waals surface area contributed by atoms with Gasteiger partial charge in [-0.05, 0) is 13.8 Å². The molecule has 3 nitrogen and oxygen atoms in total. The normalized spacial score (nSPS) is 12.6. The van der Waals surface area contributed by atoms with Gasteiger partial charge in [0.05, 0.1) is 4.91 Å². The fourth-order valence-corrected chi connectivity index (χ4v) is 0.447. The van der Waals surface area contributed by atoms with Crippen LogP contribution in [0, 0.1) is 0 Å². The van der Waals surface area contributed by atoms with Crippen LogP contribution in [0.3, 0.4) is 0 Å². The Labute approximate surface area is 77.2 Å². The van der Waals surface area contributed by atoms with E-state index in [0.29, 0.717) is 0 Å². The third-order valence-electron chi connectivity index (χ3n) is 0.813. The first-order valence-corrected chi connectivity index (χ1v) is 3.53. The zero-order chi connectivity index (χ0) is 6.78. The maximum Gasteiger partial charge on any atom is 0.290 e. The minimum absolute atomic E-state index is 0. The summed E-state index contributed by atoms with van der Waals surface area (Å²) >= 11 is 0. The molecule has 0 rings (SSSR count). The smallest absolute Gasteiger partial charge is 0.282 e. The number of hydrogen-bond acceptors (Lipinski definition) is 2. The van der Waals surface area contributed by atoms with Crippen molar-refractivity contribution in [2.24, 2.45) is 0 Å². The average molecular weight is 159 g/mol. The van der Waals surface area contributed by atoms with E-state index in [1.165, 1.54) is 13.0 Å². The van der Waals surface area contributed by atoms with Crippen molar-refractivity contribution in [2.75, 3.05) is 0 Å². The van der Waals surface area contributed by atoms with Gasteiger partial charge in [0.2, 0.25) is 0 Å². The van der Waals surface area contributed by atoms with Crippen molar-refractivity contribution in [3.05, 3.63) is 11.0 Å². The van der Waals surface area contributed by atoms with Crippen LogP contribution in [-0.2, 0) is 10.1 Å². The van der Waals surface area contributed by atoms with Gasteiger partial charge < -0.3 is 0 Å². The first kappa shape index (κ1) is 12.3. The van der Waals surface area contributed by atoms with Gasteiger partial charge in [-0.1, -0.05) is 6.08 Å². The fourth-order valence-electron chi connectivity index (χ4n) is 0.149. The third kappa shape index (κ3) is 5.11. The van der Waals surface area contributed by atoms with Crippen LogP contribution in [0.4, 0.5) is 0 Å². The molecule has 49 valence electrons. The number of hydrogen-bond donors (Lipinski definition) is 1. The van der Waals surface area contributed by atoms with Crippen LogP contribution in [0.15, 0.2) is 11.0 Å². The summed E-state index contributed by atoms with van der Waals surface area (Å²) in [5.41, 5.74) is 0. The molecule has 0 saturated carbocycles. The summed E-state index contributed by atoms with van der Waals surface area (Å²) in [5, 5.41) is 0. The zero-order valence-corrected chi connectivity index (χ0v) is 8.57. The van der Waals surface area contributed by atoms with Crippen LogP contribution in [0.25, 0.3) is 0 Å². The summed E-state index contributed by atoms with van der Waals surface area (Å²) < 4.78 is 28.3. The van der Waals surface area contributed by atoms with Gasteiger partial charge in [0.25, 0.3) is 10.1 Å². The van der Waals surface area contributed by atoms with Crippen molar-refractivity contribution in [1.29, 1.82) is 0 Å². The van der Waals surface area contributed by atoms with Crippen LogP contribution in [0.2, 0.25) is 0 Å². The van der Waals surface area contributed by atoms with Crippen molar-refractivity contribution >= 4 is 39.7 Å². The van der Waals surface area contributed by atoms with Crippen molar-refractivity contribution in [2.45, 2.75) is 13.8 Å². The summed E-state index contributed by atoms with van der Waals surface area (Å²) in [6, 6.07) is 0. The molecule has 0 bridgehead atoms. The molecule has 0 amide bonds. The molecule has 0 aromatic rings. The fraction of sp³-hybridized carbons (Fsp3) is 0.500. The van der Waals surface area contributed by atoms with E-state index in [-0.39, 0.29) is 34.5 Å². The summed E-state index contributed by atoms with van der Waals surface area (Å²) in [7, 11) is -3.89. The number of allylic oxidation sites excluding steroid dienone is 2. The summed E-state index contributed by atoms with van der Waals surface area (Å²) in [6.45, 7) is 2.87. The predicted octanol–water partition coefficient (Wildman–Crippen LogP) is 0.417. The van der Waals surface area contributed by atoms with E-state index in [0.717, 1.165) is 0 Å². The largest absolute Gasteiger partial charge is 0.290 e. The van der Waals surface area contributed by atoms with Gasteiger partial charge in [0.15, 0.2) is 0 Å². The summed E-state index contributed by atoms with van der Waals surface area (Å²) in [4.78, 5) is -0.0162. The first-order chi connectivity index (χ1) is 3.48. The summed E-state index contributed by atoms with van der Waals surface area (Å²) in [5.74, 6) is 0. The Morgan fingerprint density at radius 1 is 1.56 bits per heavy atom. The van der Waals surface area contributed by atoms with Gasteiger partial charge in [0.1, 0.15) is 0 Å². The minimum atomic E-state index is -3.89. The molecule has 0 aromatic carbocycles. The van der Waals surface area contributed by atoms with Crippen LogP contribution < -0.4 is 0 Å². The predicted molar refractivity (Wildman–Crippen MR) is 36.7 cm³/mol. The van der Waals surface area contributed by atoms with Crippen LogP contribution in [0.5, 0.6) is 0 Å². The molecule has 1 N–H and O–H groups in total. The molecule has 5 heteroatoms. The van der Waals surface area contributed by atoms with Gasteiger partial charge in [-0.15, -0.1) is 0 Å². The Bertz CT molecular complexity index is 192. The second-order valence-electron chi connectivity index (χ2n) is 1.37. The molecule has 0 aliphatic heterocycles. The van der Waals surface area contributed by atoms with E-state index in [9.17, 15) is 8.42 Å². The van der Waals surface area contributed by atoms with E-state index < -0.39 is 10.1 Å². The SMILES string of the molecule is CC=C(C)S(=O)(=O)O.[Na]. The van der Waals surface area contributed by atoms with Crippen molar-refractivity contribution in [3.63, 3.8) is 0 Å². The summed E-state index contributed by atoms with van der Waals surface area (Å²) in [6.07, 6.45) is 1.33. The monoisotopic (exact) mass is 159 g/mol. The Morgan fingerprint density at radius 3 is 1.89 bits per heavy atom. The van der Waals surface area contributed by atoms with Gasteiger partial charge in [-0.25, -0.2) is 0 Å². The Balaban J connectivity index is 0. The van der Waals surface area contributed by atoms with Crippen molar-refractivity contribution in [1.82, 2.24) is 0 Å². The van der Waals surface area contributed by atoms with E-state index in [1.54, 1.807) is 6.92 Å². The number of rotatable bonds is 1. The van der Waals surface area contributed by atoms with Crippen LogP contribution in [-0.4, -0.2) is 42.5 Å². The average Bonchev–Trinajstić information content (AvgIpc) is 1.62. The second kappa shape index (κ2) is 4.46. The standard InChI is InChI=1S/C4H8O3S.Na/c1-3-4(2)8(5,6)7;/h3H,1-2H3,(H,5,6,7);. The van der Waals surface area contributed by atoms with Gasteiger partial charge in [0, 0.05) is 29.6 Å². The van der Waals surface area contributed by atoms with Gasteiger partial charge in [-0.2, -0.15) is 8.42 Å². The maximum atomic E-state index is 10.0. The van der Waals surface area contributed by atoms with E-state index in [1.807, 2.05) is 0 Å². The minimum Gasteiger partial charge on any atom is -0.282 e. The molecule has 0 saturated heterocycles. The van der Waals surface area contributed by atoms with Crippen LogP contribution in [0.1, 0.15) is 13.8 Å². The molecule has 0 spiro atoms. The van der Waals surface area contributed by atoms with E-state index >= 15 is 0 Å². The van der Waals surface area contributed by atoms with Gasteiger partial charge >= 0.3 is 0 Å². The van der Waals surface area contributed by atoms with E-state index in [2.05, 4.69) is 0 Å². The first-order valence-electron chi connectivity index (χ1n) is 2.09.